The lowest BCUT2D eigenvalue weighted by molar-refractivity contribution is -0.135. The molecule has 0 saturated heterocycles. The second-order valence-electron chi connectivity index (χ2n) is 4.39. The monoisotopic (exact) mass is 340 g/mol. The molecule has 9 heteroatoms. The number of rotatable bonds is 5. The molecule has 4 nitrogen and oxygen atoms in total. The van der Waals surface area contributed by atoms with Gasteiger partial charge in [-0.25, -0.2) is 8.42 Å². The van der Waals surface area contributed by atoms with Gasteiger partial charge in [0.15, 0.2) is 0 Å². The Labute approximate surface area is 126 Å². The summed E-state index contributed by atoms with van der Waals surface area (Å²) in [5.41, 5.74) is 6.18. The Balaban J connectivity index is 3.26. The average Bonchev–Trinajstić information content (AvgIpc) is 2.34. The fourth-order valence-electron chi connectivity index (χ4n) is 1.80. The van der Waals surface area contributed by atoms with Crippen LogP contribution >= 0.6 is 12.2 Å². The van der Waals surface area contributed by atoms with Gasteiger partial charge in [0.2, 0.25) is 10.0 Å². The predicted molar refractivity (Wildman–Crippen MR) is 77.6 cm³/mol. The fourth-order valence-corrected chi connectivity index (χ4v) is 3.57. The first-order valence-electron chi connectivity index (χ1n) is 5.96. The SMILES string of the molecule is CCN(CC(F)(F)F)S(=O)(=O)c1ccc(C(N)=S)cc1C. The van der Waals surface area contributed by atoms with Gasteiger partial charge in [0.1, 0.15) is 11.5 Å². The molecule has 1 rings (SSSR count). The molecule has 0 unspecified atom stereocenters. The van der Waals surface area contributed by atoms with Gasteiger partial charge in [-0.15, -0.1) is 0 Å². The van der Waals surface area contributed by atoms with Crippen LogP contribution in [0, 0.1) is 6.92 Å². The summed E-state index contributed by atoms with van der Waals surface area (Å²) < 4.78 is 62.4. The number of thiocarbonyl (C=S) groups is 1. The van der Waals surface area contributed by atoms with E-state index in [1.807, 2.05) is 0 Å². The Kier molecular flexibility index (Phi) is 5.35. The Bertz CT molecular complexity index is 642. The van der Waals surface area contributed by atoms with E-state index >= 15 is 0 Å². The number of alkyl halides is 3. The molecule has 0 fully saturated rings. The van der Waals surface area contributed by atoms with Gasteiger partial charge < -0.3 is 5.73 Å². The van der Waals surface area contributed by atoms with E-state index in [-0.39, 0.29) is 16.4 Å². The smallest absolute Gasteiger partial charge is 0.389 e. The highest BCUT2D eigenvalue weighted by Crippen LogP contribution is 2.25. The van der Waals surface area contributed by atoms with Crippen LogP contribution in [0.5, 0.6) is 0 Å². The largest absolute Gasteiger partial charge is 0.402 e. The number of aryl methyl sites for hydroxylation is 1. The number of sulfonamides is 1. The van der Waals surface area contributed by atoms with Crippen molar-refractivity contribution in [1.82, 2.24) is 4.31 Å². The highest BCUT2D eigenvalue weighted by atomic mass is 32.2. The topological polar surface area (TPSA) is 63.4 Å². The molecular formula is C12H15F3N2O2S2. The molecule has 0 aliphatic rings. The summed E-state index contributed by atoms with van der Waals surface area (Å²) >= 11 is 4.77. The molecule has 0 saturated carbocycles. The van der Waals surface area contributed by atoms with Crippen molar-refractivity contribution < 1.29 is 21.6 Å². The number of benzene rings is 1. The van der Waals surface area contributed by atoms with E-state index in [1.165, 1.54) is 32.0 Å². The molecule has 0 bridgehead atoms. The van der Waals surface area contributed by atoms with Crippen molar-refractivity contribution in [2.75, 3.05) is 13.1 Å². The Morgan fingerprint density at radius 2 is 1.95 bits per heavy atom. The number of hydrogen-bond acceptors (Lipinski definition) is 3. The van der Waals surface area contributed by atoms with Crippen LogP contribution < -0.4 is 5.73 Å². The summed E-state index contributed by atoms with van der Waals surface area (Å²) in [5, 5.41) is 0. The summed E-state index contributed by atoms with van der Waals surface area (Å²) in [4.78, 5) is -0.0988. The minimum Gasteiger partial charge on any atom is -0.389 e. The van der Waals surface area contributed by atoms with Crippen molar-refractivity contribution in [1.29, 1.82) is 0 Å². The van der Waals surface area contributed by atoms with Crippen molar-refractivity contribution in [3.63, 3.8) is 0 Å². The van der Waals surface area contributed by atoms with E-state index in [9.17, 15) is 21.6 Å². The molecule has 0 spiro atoms. The normalized spacial score (nSPS) is 12.7. The van der Waals surface area contributed by atoms with E-state index in [4.69, 9.17) is 18.0 Å². The lowest BCUT2D eigenvalue weighted by atomic mass is 10.1. The Morgan fingerprint density at radius 3 is 2.33 bits per heavy atom. The highest BCUT2D eigenvalue weighted by Gasteiger charge is 2.36. The number of halogens is 3. The molecule has 0 aromatic heterocycles. The molecule has 0 amide bonds. The predicted octanol–water partition coefficient (Wildman–Crippen LogP) is 2.20. The maximum atomic E-state index is 12.5. The molecule has 118 valence electrons. The number of hydrogen-bond donors (Lipinski definition) is 1. The van der Waals surface area contributed by atoms with Gasteiger partial charge in [0, 0.05) is 12.1 Å². The van der Waals surface area contributed by atoms with Gasteiger partial charge in [-0.1, -0.05) is 25.2 Å². The molecule has 1 aromatic carbocycles. The molecule has 0 heterocycles. The van der Waals surface area contributed by atoms with E-state index in [0.29, 0.717) is 15.4 Å². The second-order valence-corrected chi connectivity index (χ2v) is 6.74. The van der Waals surface area contributed by atoms with E-state index in [2.05, 4.69) is 0 Å². The zero-order valence-corrected chi connectivity index (χ0v) is 13.1. The summed E-state index contributed by atoms with van der Waals surface area (Å²) in [6, 6.07) is 4.04. The van der Waals surface area contributed by atoms with Crippen LogP contribution in [-0.4, -0.2) is 37.0 Å². The third kappa shape index (κ3) is 4.39. The van der Waals surface area contributed by atoms with Crippen molar-refractivity contribution in [3.8, 4) is 0 Å². The molecule has 21 heavy (non-hydrogen) atoms. The highest BCUT2D eigenvalue weighted by molar-refractivity contribution is 7.89. The molecule has 0 radical (unpaired) electrons. The van der Waals surface area contributed by atoms with Crippen LogP contribution in [0.2, 0.25) is 0 Å². The van der Waals surface area contributed by atoms with Crippen molar-refractivity contribution in [3.05, 3.63) is 29.3 Å². The zero-order chi connectivity index (χ0) is 16.4. The lowest BCUT2D eigenvalue weighted by Gasteiger charge is -2.22. The summed E-state index contributed by atoms with van der Waals surface area (Å²) in [6.07, 6.45) is -4.60. The van der Waals surface area contributed by atoms with Crippen LogP contribution in [0.1, 0.15) is 18.1 Å². The van der Waals surface area contributed by atoms with E-state index < -0.39 is 22.7 Å². The van der Waals surface area contributed by atoms with Crippen molar-refractivity contribution in [2.45, 2.75) is 24.9 Å². The number of nitrogens with two attached hydrogens (primary N) is 1. The van der Waals surface area contributed by atoms with Gasteiger partial charge in [-0.05, 0) is 24.6 Å². The van der Waals surface area contributed by atoms with Gasteiger partial charge >= 0.3 is 6.18 Å². The summed E-state index contributed by atoms with van der Waals surface area (Å²) in [6.45, 7) is 1.03. The third-order valence-electron chi connectivity index (χ3n) is 2.79. The van der Waals surface area contributed by atoms with Crippen LogP contribution in [0.3, 0.4) is 0 Å². The molecule has 2 N–H and O–H groups in total. The first kappa shape index (κ1) is 17.9. The molecule has 1 aromatic rings. The second kappa shape index (κ2) is 6.29. The Morgan fingerprint density at radius 1 is 1.38 bits per heavy atom. The maximum Gasteiger partial charge on any atom is 0.402 e. The summed E-state index contributed by atoms with van der Waals surface area (Å²) in [7, 11) is -4.23. The zero-order valence-electron chi connectivity index (χ0n) is 11.4. The van der Waals surface area contributed by atoms with Crippen LogP contribution in [-0.2, 0) is 10.0 Å². The van der Waals surface area contributed by atoms with Crippen LogP contribution in [0.15, 0.2) is 23.1 Å². The minimum atomic E-state index is -4.60. The molecule has 0 atom stereocenters. The quantitative estimate of drug-likeness (QED) is 0.835. The lowest BCUT2D eigenvalue weighted by Crippen LogP contribution is -2.39. The maximum absolute atomic E-state index is 12.5. The standard InChI is InChI=1S/C12H15F3N2O2S2/c1-3-17(7-12(13,14)15)21(18,19)10-5-4-9(11(16)20)6-8(10)2/h4-6H,3,7H2,1-2H3,(H2,16,20). The van der Waals surface area contributed by atoms with Crippen molar-refractivity contribution >= 4 is 27.2 Å². The Hall–Kier alpha value is -1.19. The van der Waals surface area contributed by atoms with Gasteiger partial charge in [-0.2, -0.15) is 17.5 Å². The number of nitrogens with zero attached hydrogens (tertiary/aromatic N) is 1. The van der Waals surface area contributed by atoms with Gasteiger partial charge in [-0.3, -0.25) is 0 Å². The van der Waals surface area contributed by atoms with Gasteiger partial charge in [0.05, 0.1) is 4.90 Å². The fraction of sp³-hybridized carbons (Fsp3) is 0.417. The first-order chi connectivity index (χ1) is 9.49. The molecule has 0 aliphatic carbocycles. The molecule has 0 aliphatic heterocycles. The first-order valence-corrected chi connectivity index (χ1v) is 7.81. The van der Waals surface area contributed by atoms with Crippen LogP contribution in [0.4, 0.5) is 13.2 Å². The minimum absolute atomic E-state index is 0.0877. The summed E-state index contributed by atoms with van der Waals surface area (Å²) in [5.74, 6) is 0. The average molecular weight is 340 g/mol. The van der Waals surface area contributed by atoms with Gasteiger partial charge in [0.25, 0.3) is 0 Å². The van der Waals surface area contributed by atoms with E-state index in [1.54, 1.807) is 0 Å². The molecular weight excluding hydrogens is 325 g/mol. The third-order valence-corrected chi connectivity index (χ3v) is 5.10. The van der Waals surface area contributed by atoms with Crippen molar-refractivity contribution in [2.24, 2.45) is 5.73 Å². The van der Waals surface area contributed by atoms with E-state index in [0.717, 1.165) is 0 Å². The van der Waals surface area contributed by atoms with Crippen LogP contribution in [0.25, 0.3) is 0 Å².